The summed E-state index contributed by atoms with van der Waals surface area (Å²) in [7, 11) is 0. The van der Waals surface area contributed by atoms with Gasteiger partial charge in [-0.25, -0.2) is 19.9 Å². The first-order chi connectivity index (χ1) is 29.7. The number of rotatable bonds is 7. The standard InChI is InChI=1S/C56H36N4/c1-6-16-38(17-7-1)48-34-31-43-30-33-46-47-36-45(32-35-49(47)58-54(51(46)55(43)57-48)42-22-12-4-13-23-42)37-26-28-39(29-27-37)50-52(40-18-8-2-9-19-40)59-56(44-24-14-5-15-25-44)60-53(50)41-20-10-3-11-21-41/h1-36H. The van der Waals surface area contributed by atoms with Crippen LogP contribution in [0.4, 0.5) is 0 Å². The van der Waals surface area contributed by atoms with Crippen LogP contribution in [-0.4, -0.2) is 19.9 Å². The molecule has 0 fully saturated rings. The van der Waals surface area contributed by atoms with E-state index in [0.717, 1.165) is 105 Å². The molecule has 11 rings (SSSR count). The lowest BCUT2D eigenvalue weighted by Gasteiger charge is -2.17. The fraction of sp³-hybridized carbons (Fsp3) is 0. The minimum absolute atomic E-state index is 0.695. The molecule has 0 N–H and O–H groups in total. The molecule has 4 nitrogen and oxygen atoms in total. The lowest BCUT2D eigenvalue weighted by atomic mass is 9.92. The second-order valence-electron chi connectivity index (χ2n) is 15.0. The fourth-order valence-electron chi connectivity index (χ4n) is 8.32. The van der Waals surface area contributed by atoms with Crippen LogP contribution < -0.4 is 0 Å². The summed E-state index contributed by atoms with van der Waals surface area (Å²) in [5.41, 5.74) is 15.0. The maximum absolute atomic E-state index is 5.37. The highest BCUT2D eigenvalue weighted by molar-refractivity contribution is 6.20. The van der Waals surface area contributed by atoms with Crippen molar-refractivity contribution in [3.05, 3.63) is 218 Å². The SMILES string of the molecule is c1ccc(-c2ccc3ccc4c5cc(-c6ccc(-c7c(-c8ccccc8)nc(-c8ccccc8)nc7-c7ccccc7)cc6)ccc5nc(-c5ccccc5)c4c3n2)cc1. The Labute approximate surface area is 348 Å². The summed E-state index contributed by atoms with van der Waals surface area (Å²) in [6.07, 6.45) is 0. The van der Waals surface area contributed by atoms with Crippen molar-refractivity contribution in [2.75, 3.05) is 0 Å². The van der Waals surface area contributed by atoms with E-state index in [2.05, 4.69) is 176 Å². The van der Waals surface area contributed by atoms with Gasteiger partial charge < -0.3 is 0 Å². The molecule has 0 aliphatic carbocycles. The highest BCUT2D eigenvalue weighted by Crippen LogP contribution is 2.42. The average Bonchev–Trinajstić information content (AvgIpc) is 3.34. The van der Waals surface area contributed by atoms with E-state index in [4.69, 9.17) is 19.9 Å². The van der Waals surface area contributed by atoms with Gasteiger partial charge in [0.1, 0.15) is 0 Å². The molecule has 60 heavy (non-hydrogen) atoms. The summed E-state index contributed by atoms with van der Waals surface area (Å²) in [6, 6.07) is 76.1. The van der Waals surface area contributed by atoms with Crippen LogP contribution >= 0.6 is 0 Å². The zero-order valence-corrected chi connectivity index (χ0v) is 32.6. The molecular formula is C56H36N4. The van der Waals surface area contributed by atoms with Gasteiger partial charge in [-0.15, -0.1) is 0 Å². The van der Waals surface area contributed by atoms with Crippen molar-refractivity contribution in [2.45, 2.75) is 0 Å². The molecule has 11 aromatic rings. The lowest BCUT2D eigenvalue weighted by Crippen LogP contribution is -2.00. The summed E-state index contributed by atoms with van der Waals surface area (Å²) in [5.74, 6) is 0.695. The highest BCUT2D eigenvalue weighted by Gasteiger charge is 2.21. The lowest BCUT2D eigenvalue weighted by molar-refractivity contribution is 1.18. The third-order valence-corrected chi connectivity index (χ3v) is 11.3. The zero-order chi connectivity index (χ0) is 39.8. The van der Waals surface area contributed by atoms with Gasteiger partial charge in [0.2, 0.25) is 0 Å². The number of hydrogen-bond acceptors (Lipinski definition) is 4. The van der Waals surface area contributed by atoms with E-state index < -0.39 is 0 Å². The monoisotopic (exact) mass is 764 g/mol. The van der Waals surface area contributed by atoms with Crippen molar-refractivity contribution in [2.24, 2.45) is 0 Å². The minimum Gasteiger partial charge on any atom is -0.247 e. The molecule has 4 heteroatoms. The summed E-state index contributed by atoms with van der Waals surface area (Å²) >= 11 is 0. The normalized spacial score (nSPS) is 11.3. The Morgan fingerprint density at radius 2 is 0.767 bits per heavy atom. The van der Waals surface area contributed by atoms with Crippen LogP contribution in [0.5, 0.6) is 0 Å². The molecule has 280 valence electrons. The van der Waals surface area contributed by atoms with E-state index in [9.17, 15) is 0 Å². The third-order valence-electron chi connectivity index (χ3n) is 11.3. The molecule has 0 saturated heterocycles. The molecule has 0 spiro atoms. The Morgan fingerprint density at radius 1 is 0.283 bits per heavy atom. The van der Waals surface area contributed by atoms with Crippen molar-refractivity contribution in [3.8, 4) is 78.7 Å². The van der Waals surface area contributed by atoms with Crippen molar-refractivity contribution in [1.82, 2.24) is 19.9 Å². The van der Waals surface area contributed by atoms with Crippen LogP contribution in [-0.2, 0) is 0 Å². The Bertz CT molecular complexity index is 3260. The summed E-state index contributed by atoms with van der Waals surface area (Å²) in [4.78, 5) is 21.2. The minimum atomic E-state index is 0.695. The van der Waals surface area contributed by atoms with Crippen LogP contribution in [0.25, 0.3) is 111 Å². The van der Waals surface area contributed by atoms with Gasteiger partial charge in [-0.1, -0.05) is 200 Å². The van der Waals surface area contributed by atoms with E-state index in [0.29, 0.717) is 5.82 Å². The quantitative estimate of drug-likeness (QED) is 0.152. The van der Waals surface area contributed by atoms with E-state index >= 15 is 0 Å². The number of pyridine rings is 2. The molecule has 0 atom stereocenters. The summed E-state index contributed by atoms with van der Waals surface area (Å²) in [5, 5.41) is 4.34. The average molecular weight is 765 g/mol. The first-order valence-corrected chi connectivity index (χ1v) is 20.2. The number of aromatic nitrogens is 4. The summed E-state index contributed by atoms with van der Waals surface area (Å²) in [6.45, 7) is 0. The zero-order valence-electron chi connectivity index (χ0n) is 32.6. The molecule has 0 radical (unpaired) electrons. The number of benzene rings is 8. The van der Waals surface area contributed by atoms with E-state index in [-0.39, 0.29) is 0 Å². The van der Waals surface area contributed by atoms with Crippen LogP contribution in [0.15, 0.2) is 218 Å². The Kier molecular flexibility index (Phi) is 8.79. The highest BCUT2D eigenvalue weighted by atomic mass is 14.9. The van der Waals surface area contributed by atoms with Crippen molar-refractivity contribution < 1.29 is 0 Å². The maximum Gasteiger partial charge on any atom is 0.160 e. The van der Waals surface area contributed by atoms with Crippen molar-refractivity contribution >= 4 is 32.6 Å². The Hall–Kier alpha value is -8.08. The van der Waals surface area contributed by atoms with Crippen LogP contribution in [0.2, 0.25) is 0 Å². The van der Waals surface area contributed by atoms with Crippen LogP contribution in [0.1, 0.15) is 0 Å². The molecule has 0 aliphatic rings. The van der Waals surface area contributed by atoms with Crippen LogP contribution in [0, 0.1) is 0 Å². The smallest absolute Gasteiger partial charge is 0.160 e. The molecule has 3 heterocycles. The first-order valence-electron chi connectivity index (χ1n) is 20.2. The Balaban J connectivity index is 1.08. The van der Waals surface area contributed by atoms with Gasteiger partial charge in [0.25, 0.3) is 0 Å². The van der Waals surface area contributed by atoms with E-state index in [1.807, 2.05) is 42.5 Å². The molecule has 8 aromatic carbocycles. The van der Waals surface area contributed by atoms with Crippen molar-refractivity contribution in [1.29, 1.82) is 0 Å². The molecule has 3 aromatic heterocycles. The molecular weight excluding hydrogens is 729 g/mol. The van der Waals surface area contributed by atoms with Gasteiger partial charge in [-0.05, 0) is 40.3 Å². The molecule has 0 amide bonds. The molecule has 0 unspecified atom stereocenters. The second-order valence-corrected chi connectivity index (χ2v) is 15.0. The number of fused-ring (bicyclic) bond motifs is 5. The van der Waals surface area contributed by atoms with Gasteiger partial charge >= 0.3 is 0 Å². The topological polar surface area (TPSA) is 51.6 Å². The molecule has 0 aliphatic heterocycles. The predicted octanol–water partition coefficient (Wildman–Crippen LogP) is 14.4. The second kappa shape index (κ2) is 15.0. The molecule has 0 bridgehead atoms. The van der Waals surface area contributed by atoms with Gasteiger partial charge in [0.05, 0.1) is 33.8 Å². The van der Waals surface area contributed by atoms with E-state index in [1.165, 1.54) is 0 Å². The van der Waals surface area contributed by atoms with Crippen molar-refractivity contribution in [3.63, 3.8) is 0 Å². The predicted molar refractivity (Wildman–Crippen MR) is 248 cm³/mol. The van der Waals surface area contributed by atoms with Gasteiger partial charge in [0.15, 0.2) is 5.82 Å². The first kappa shape index (κ1) is 35.1. The van der Waals surface area contributed by atoms with Gasteiger partial charge in [0, 0.05) is 49.5 Å². The van der Waals surface area contributed by atoms with E-state index in [1.54, 1.807) is 0 Å². The number of hydrogen-bond donors (Lipinski definition) is 0. The maximum atomic E-state index is 5.37. The third kappa shape index (κ3) is 6.37. The van der Waals surface area contributed by atoms with Gasteiger partial charge in [-0.2, -0.15) is 0 Å². The fourth-order valence-corrected chi connectivity index (χ4v) is 8.32. The molecule has 0 saturated carbocycles. The summed E-state index contributed by atoms with van der Waals surface area (Å²) < 4.78 is 0. The van der Waals surface area contributed by atoms with Crippen LogP contribution in [0.3, 0.4) is 0 Å². The Morgan fingerprint density at radius 3 is 1.35 bits per heavy atom. The van der Waals surface area contributed by atoms with Gasteiger partial charge in [-0.3, -0.25) is 0 Å². The number of nitrogens with zero attached hydrogens (tertiary/aromatic N) is 4. The largest absolute Gasteiger partial charge is 0.247 e.